The molecule has 2 aromatic rings. The number of hydrogen-bond acceptors (Lipinski definition) is 1. The molecule has 17 heavy (non-hydrogen) atoms. The van der Waals surface area contributed by atoms with Crippen molar-refractivity contribution in [2.75, 3.05) is 0 Å². The third kappa shape index (κ3) is 1.73. The molecule has 2 aromatic carbocycles. The number of phenolic OH excluding ortho intramolecular Hbond substituents is 1. The lowest BCUT2D eigenvalue weighted by atomic mass is 10.0. The minimum absolute atomic E-state index is 0.0136. The van der Waals surface area contributed by atoms with Gasteiger partial charge < -0.3 is 5.11 Å². The Labute approximate surface area is 93.9 Å². The zero-order chi connectivity index (χ0) is 12.6. The van der Waals surface area contributed by atoms with Gasteiger partial charge in [0.25, 0.3) is 0 Å². The average Bonchev–Trinajstić information content (AvgIpc) is 2.36. The number of hydrogen-bond donors (Lipinski definition) is 1. The van der Waals surface area contributed by atoms with E-state index in [1.165, 1.54) is 24.3 Å². The van der Waals surface area contributed by atoms with Gasteiger partial charge in [0.2, 0.25) is 11.6 Å². The summed E-state index contributed by atoms with van der Waals surface area (Å²) in [5.74, 6) is -8.50. The lowest BCUT2D eigenvalue weighted by Gasteiger charge is -2.08. The van der Waals surface area contributed by atoms with E-state index in [0.29, 0.717) is 0 Å². The van der Waals surface area contributed by atoms with Gasteiger partial charge in [-0.1, -0.05) is 30.3 Å². The van der Waals surface area contributed by atoms with Gasteiger partial charge in [-0.15, -0.1) is 0 Å². The largest absolute Gasteiger partial charge is 0.503 e. The van der Waals surface area contributed by atoms with Crippen molar-refractivity contribution in [3.63, 3.8) is 0 Å². The average molecular weight is 242 g/mol. The van der Waals surface area contributed by atoms with Crippen molar-refractivity contribution in [1.82, 2.24) is 0 Å². The van der Waals surface area contributed by atoms with Crippen molar-refractivity contribution in [1.29, 1.82) is 0 Å². The zero-order valence-corrected chi connectivity index (χ0v) is 8.35. The highest BCUT2D eigenvalue weighted by molar-refractivity contribution is 5.66. The molecule has 0 spiro atoms. The van der Waals surface area contributed by atoms with Crippen molar-refractivity contribution in [2.24, 2.45) is 0 Å². The summed E-state index contributed by atoms with van der Waals surface area (Å²) in [6.45, 7) is 0. The summed E-state index contributed by atoms with van der Waals surface area (Å²) in [5, 5.41) is 8.81. The van der Waals surface area contributed by atoms with Gasteiger partial charge in [0.05, 0.1) is 5.56 Å². The van der Waals surface area contributed by atoms with Gasteiger partial charge >= 0.3 is 0 Å². The van der Waals surface area contributed by atoms with E-state index in [0.717, 1.165) is 0 Å². The van der Waals surface area contributed by atoms with E-state index in [2.05, 4.69) is 0 Å². The highest BCUT2D eigenvalue weighted by atomic mass is 19.2. The number of halogens is 4. The maximum atomic E-state index is 13.4. The van der Waals surface area contributed by atoms with Crippen LogP contribution in [0.25, 0.3) is 11.1 Å². The highest BCUT2D eigenvalue weighted by Crippen LogP contribution is 2.34. The fraction of sp³-hybridized carbons (Fsp3) is 0. The number of benzene rings is 2. The molecule has 0 aliphatic carbocycles. The summed E-state index contributed by atoms with van der Waals surface area (Å²) in [6.07, 6.45) is 0. The van der Waals surface area contributed by atoms with Gasteiger partial charge in [0.15, 0.2) is 17.4 Å². The normalized spacial score (nSPS) is 10.6. The van der Waals surface area contributed by atoms with E-state index in [1.54, 1.807) is 6.07 Å². The van der Waals surface area contributed by atoms with Crippen molar-refractivity contribution in [3.05, 3.63) is 53.6 Å². The van der Waals surface area contributed by atoms with Crippen LogP contribution in [0.15, 0.2) is 30.3 Å². The van der Waals surface area contributed by atoms with Gasteiger partial charge in [-0.25, -0.2) is 8.78 Å². The van der Waals surface area contributed by atoms with Crippen LogP contribution in [-0.2, 0) is 0 Å². The Kier molecular flexibility index (Phi) is 2.75. The van der Waals surface area contributed by atoms with Crippen LogP contribution < -0.4 is 0 Å². The molecule has 0 aliphatic heterocycles. The first-order valence-electron chi connectivity index (χ1n) is 4.64. The van der Waals surface area contributed by atoms with Crippen molar-refractivity contribution >= 4 is 0 Å². The van der Waals surface area contributed by atoms with Crippen LogP contribution in [0.4, 0.5) is 17.6 Å². The fourth-order valence-corrected chi connectivity index (χ4v) is 1.48. The van der Waals surface area contributed by atoms with E-state index in [1.807, 2.05) is 0 Å². The SMILES string of the molecule is Oc1c(F)c(F)c(-c2ccccc2)c(F)c1F. The van der Waals surface area contributed by atoms with Crippen LogP contribution in [0.3, 0.4) is 0 Å². The van der Waals surface area contributed by atoms with Crippen LogP contribution in [-0.4, -0.2) is 5.11 Å². The second-order valence-corrected chi connectivity index (χ2v) is 3.35. The van der Waals surface area contributed by atoms with Gasteiger partial charge in [-0.2, -0.15) is 8.78 Å². The van der Waals surface area contributed by atoms with Crippen molar-refractivity contribution in [3.8, 4) is 16.9 Å². The lowest BCUT2D eigenvalue weighted by Crippen LogP contribution is -1.99. The summed E-state index contributed by atoms with van der Waals surface area (Å²) in [7, 11) is 0. The summed E-state index contributed by atoms with van der Waals surface area (Å²) >= 11 is 0. The number of aromatic hydroxyl groups is 1. The molecular weight excluding hydrogens is 236 g/mol. The summed E-state index contributed by atoms with van der Waals surface area (Å²) in [6, 6.07) is 7.13. The Morgan fingerprint density at radius 2 is 1.18 bits per heavy atom. The first kappa shape index (κ1) is 11.4. The van der Waals surface area contributed by atoms with Gasteiger partial charge in [-0.3, -0.25) is 0 Å². The molecule has 0 fully saturated rings. The standard InChI is InChI=1S/C12H6F4O/c13-8-7(6-4-2-1-3-5-6)9(14)11(16)12(17)10(8)15/h1-5,17H. The zero-order valence-electron chi connectivity index (χ0n) is 8.35. The van der Waals surface area contributed by atoms with Crippen LogP contribution >= 0.6 is 0 Å². The predicted octanol–water partition coefficient (Wildman–Crippen LogP) is 3.62. The second-order valence-electron chi connectivity index (χ2n) is 3.35. The van der Waals surface area contributed by atoms with Gasteiger partial charge in [0, 0.05) is 0 Å². The first-order chi connectivity index (χ1) is 8.04. The third-order valence-electron chi connectivity index (χ3n) is 2.30. The Morgan fingerprint density at radius 1 is 0.706 bits per heavy atom. The molecule has 1 nitrogen and oxygen atoms in total. The molecule has 5 heteroatoms. The fourth-order valence-electron chi connectivity index (χ4n) is 1.48. The maximum absolute atomic E-state index is 13.4. The predicted molar refractivity (Wildman–Crippen MR) is 53.4 cm³/mol. The van der Waals surface area contributed by atoms with Crippen LogP contribution in [0, 0.1) is 23.3 Å². The molecule has 0 atom stereocenters. The van der Waals surface area contributed by atoms with Crippen molar-refractivity contribution in [2.45, 2.75) is 0 Å². The Hall–Kier alpha value is -2.04. The summed E-state index contributed by atoms with van der Waals surface area (Å²) in [4.78, 5) is 0. The molecule has 0 unspecified atom stereocenters. The molecule has 0 saturated carbocycles. The Morgan fingerprint density at radius 3 is 1.65 bits per heavy atom. The summed E-state index contributed by atoms with van der Waals surface area (Å²) < 4.78 is 53.1. The van der Waals surface area contributed by atoms with E-state index in [-0.39, 0.29) is 5.56 Å². The van der Waals surface area contributed by atoms with E-state index in [4.69, 9.17) is 5.11 Å². The van der Waals surface area contributed by atoms with Crippen LogP contribution in [0.2, 0.25) is 0 Å². The monoisotopic (exact) mass is 242 g/mol. The molecular formula is C12H6F4O. The molecule has 2 rings (SSSR count). The smallest absolute Gasteiger partial charge is 0.204 e. The summed E-state index contributed by atoms with van der Waals surface area (Å²) in [5.41, 5.74) is -0.848. The van der Waals surface area contributed by atoms with E-state index >= 15 is 0 Å². The number of rotatable bonds is 1. The lowest BCUT2D eigenvalue weighted by molar-refractivity contribution is 0.358. The first-order valence-corrected chi connectivity index (χ1v) is 4.64. The van der Waals surface area contributed by atoms with E-state index < -0.39 is 34.6 Å². The van der Waals surface area contributed by atoms with Crippen LogP contribution in [0.5, 0.6) is 5.75 Å². The van der Waals surface area contributed by atoms with Gasteiger partial charge in [-0.05, 0) is 5.56 Å². The maximum Gasteiger partial charge on any atom is 0.204 e. The quantitative estimate of drug-likeness (QED) is 0.598. The molecule has 0 saturated heterocycles. The number of phenols is 1. The van der Waals surface area contributed by atoms with Crippen LogP contribution in [0.1, 0.15) is 0 Å². The highest BCUT2D eigenvalue weighted by Gasteiger charge is 2.25. The Bertz CT molecular complexity index is 537. The van der Waals surface area contributed by atoms with Crippen molar-refractivity contribution < 1.29 is 22.7 Å². The topological polar surface area (TPSA) is 20.2 Å². The third-order valence-corrected chi connectivity index (χ3v) is 2.30. The molecule has 0 amide bonds. The molecule has 0 aliphatic rings. The molecule has 88 valence electrons. The minimum atomic E-state index is -1.80. The van der Waals surface area contributed by atoms with E-state index in [9.17, 15) is 17.6 Å². The second kappa shape index (κ2) is 4.08. The molecule has 0 radical (unpaired) electrons. The molecule has 1 N–H and O–H groups in total. The molecule has 0 bridgehead atoms. The minimum Gasteiger partial charge on any atom is -0.503 e. The Balaban J connectivity index is 2.80. The molecule has 0 aromatic heterocycles. The van der Waals surface area contributed by atoms with Gasteiger partial charge in [0.1, 0.15) is 0 Å². The molecule has 0 heterocycles.